The van der Waals surface area contributed by atoms with Crippen molar-refractivity contribution in [2.75, 3.05) is 6.61 Å². The molecule has 0 fully saturated rings. The molecular weight excluding hydrogens is 398 g/mol. The largest absolute Gasteiger partial charge is 0.465 e. The predicted octanol–water partition coefficient (Wildman–Crippen LogP) is 2.93. The summed E-state index contributed by atoms with van der Waals surface area (Å²) in [4.78, 5) is 12.3. The Hall–Kier alpha value is -2.07. The summed E-state index contributed by atoms with van der Waals surface area (Å²) in [6.45, 7) is 1.74. The van der Waals surface area contributed by atoms with Gasteiger partial charge in [-0.25, -0.2) is 13.2 Å². The molecule has 136 valence electrons. The summed E-state index contributed by atoms with van der Waals surface area (Å²) in [6.07, 6.45) is 0. The van der Waals surface area contributed by atoms with Crippen molar-refractivity contribution >= 4 is 50.4 Å². The number of nitrogens with one attached hydrogen (secondary N) is 1. The minimum Gasteiger partial charge on any atom is -0.465 e. The van der Waals surface area contributed by atoms with Gasteiger partial charge in [-0.3, -0.25) is 0 Å². The molecule has 0 bridgehead atoms. The number of halogens is 1. The van der Waals surface area contributed by atoms with Crippen LogP contribution in [0.2, 0.25) is 5.02 Å². The van der Waals surface area contributed by atoms with Gasteiger partial charge in [-0.1, -0.05) is 35.9 Å². The van der Waals surface area contributed by atoms with Gasteiger partial charge in [0.25, 0.3) is 0 Å². The first-order valence-corrected chi connectivity index (χ1v) is 10.2. The lowest BCUT2D eigenvalue weighted by Crippen LogP contribution is -2.35. The van der Waals surface area contributed by atoms with Crippen molar-refractivity contribution < 1.29 is 17.9 Å². The van der Waals surface area contributed by atoms with E-state index in [1.807, 2.05) is 0 Å². The van der Waals surface area contributed by atoms with E-state index in [-0.39, 0.29) is 22.0 Å². The van der Waals surface area contributed by atoms with E-state index in [2.05, 4.69) is 13.5 Å². The summed E-state index contributed by atoms with van der Waals surface area (Å²) < 4.78 is 41.3. The first-order valence-electron chi connectivity index (χ1n) is 7.58. The van der Waals surface area contributed by atoms with E-state index in [1.54, 1.807) is 43.3 Å². The van der Waals surface area contributed by atoms with Crippen LogP contribution in [0.3, 0.4) is 0 Å². The lowest BCUT2D eigenvalue weighted by atomic mass is 10.1. The first-order chi connectivity index (χ1) is 12.4. The molecule has 10 heteroatoms. The topological polar surface area (TPSA) is 98.2 Å². The molecular formula is C16H14ClN3O4S2. The minimum absolute atomic E-state index is 0.0647. The second-order valence-electron chi connectivity index (χ2n) is 5.22. The smallest absolute Gasteiger partial charge is 0.328 e. The van der Waals surface area contributed by atoms with E-state index in [1.165, 1.54) is 6.07 Å². The van der Waals surface area contributed by atoms with Crippen molar-refractivity contribution in [1.82, 2.24) is 13.5 Å². The third-order valence-corrected chi connectivity index (χ3v) is 5.89. The number of fused-ring (bicyclic) bond motifs is 1. The number of ether oxygens (including phenoxy) is 1. The zero-order valence-corrected chi connectivity index (χ0v) is 15.9. The van der Waals surface area contributed by atoms with Gasteiger partial charge in [0, 0.05) is 5.02 Å². The van der Waals surface area contributed by atoms with Crippen LogP contribution in [0.1, 0.15) is 18.5 Å². The van der Waals surface area contributed by atoms with Gasteiger partial charge in [-0.15, -0.1) is 0 Å². The molecule has 1 atom stereocenters. The fourth-order valence-electron chi connectivity index (χ4n) is 2.39. The summed E-state index contributed by atoms with van der Waals surface area (Å²) in [6, 6.07) is 9.83. The highest BCUT2D eigenvalue weighted by atomic mass is 35.5. The van der Waals surface area contributed by atoms with Crippen molar-refractivity contribution in [3.63, 3.8) is 0 Å². The van der Waals surface area contributed by atoms with E-state index in [0.29, 0.717) is 11.1 Å². The molecule has 2 aromatic carbocycles. The Bertz CT molecular complexity index is 1050. The normalized spacial score (nSPS) is 12.8. The van der Waals surface area contributed by atoms with Crippen LogP contribution >= 0.6 is 23.3 Å². The summed E-state index contributed by atoms with van der Waals surface area (Å²) in [5, 5.41) is 0.252. The second-order valence-corrected chi connectivity index (χ2v) is 7.83. The van der Waals surface area contributed by atoms with Gasteiger partial charge in [0.05, 0.1) is 18.3 Å². The standard InChI is InChI=1S/C16H14ClN3O4S2/c1-2-24-16(21)14(10-6-3-4-7-11(10)17)20-26(22,23)13-9-5-8-12-15(13)19-25-18-12/h3-9,14,20H,2H2,1H3/t14-/m0/s1. The van der Waals surface area contributed by atoms with Crippen LogP contribution in [0.15, 0.2) is 47.4 Å². The number of esters is 1. The van der Waals surface area contributed by atoms with Crippen LogP contribution < -0.4 is 4.72 Å². The Kier molecular flexibility index (Phi) is 5.52. The molecule has 0 amide bonds. The van der Waals surface area contributed by atoms with Crippen LogP contribution in [0.4, 0.5) is 0 Å². The van der Waals surface area contributed by atoms with Crippen LogP contribution in [0.5, 0.6) is 0 Å². The maximum Gasteiger partial charge on any atom is 0.328 e. The molecule has 0 saturated carbocycles. The summed E-state index contributed by atoms with van der Waals surface area (Å²) >= 11 is 7.06. The molecule has 0 unspecified atom stereocenters. The predicted molar refractivity (Wildman–Crippen MR) is 98.6 cm³/mol. The zero-order valence-electron chi connectivity index (χ0n) is 13.5. The quantitative estimate of drug-likeness (QED) is 0.626. The Morgan fingerprint density at radius 3 is 2.73 bits per heavy atom. The third-order valence-electron chi connectivity index (χ3n) is 3.55. The Balaban J connectivity index is 2.04. The van der Waals surface area contributed by atoms with Crippen molar-refractivity contribution in [3.05, 3.63) is 53.1 Å². The van der Waals surface area contributed by atoms with Crippen molar-refractivity contribution in [1.29, 1.82) is 0 Å². The number of carbonyl (C=O) groups excluding carboxylic acids is 1. The van der Waals surface area contributed by atoms with E-state index >= 15 is 0 Å². The molecule has 0 saturated heterocycles. The van der Waals surface area contributed by atoms with Gasteiger partial charge < -0.3 is 4.74 Å². The Labute approximate surface area is 159 Å². The average Bonchev–Trinajstić information content (AvgIpc) is 3.09. The highest BCUT2D eigenvalue weighted by Crippen LogP contribution is 2.27. The Morgan fingerprint density at radius 2 is 2.00 bits per heavy atom. The van der Waals surface area contributed by atoms with Gasteiger partial charge >= 0.3 is 5.97 Å². The van der Waals surface area contributed by atoms with Gasteiger partial charge in [0.15, 0.2) is 0 Å². The maximum atomic E-state index is 12.9. The molecule has 1 N–H and O–H groups in total. The van der Waals surface area contributed by atoms with Gasteiger partial charge in [-0.05, 0) is 30.7 Å². The van der Waals surface area contributed by atoms with Crippen LogP contribution in [-0.4, -0.2) is 29.7 Å². The van der Waals surface area contributed by atoms with Crippen LogP contribution in [0.25, 0.3) is 11.0 Å². The highest BCUT2D eigenvalue weighted by Gasteiger charge is 2.31. The lowest BCUT2D eigenvalue weighted by molar-refractivity contribution is -0.145. The van der Waals surface area contributed by atoms with E-state index in [9.17, 15) is 13.2 Å². The van der Waals surface area contributed by atoms with Crippen molar-refractivity contribution in [3.8, 4) is 0 Å². The number of carbonyl (C=O) groups is 1. The van der Waals surface area contributed by atoms with Crippen molar-refractivity contribution in [2.45, 2.75) is 17.9 Å². The number of benzene rings is 2. The Morgan fingerprint density at radius 1 is 1.23 bits per heavy atom. The summed E-state index contributed by atoms with van der Waals surface area (Å²) in [7, 11) is -4.09. The lowest BCUT2D eigenvalue weighted by Gasteiger charge is -2.19. The number of rotatable bonds is 6. The van der Waals surface area contributed by atoms with Gasteiger partial charge in [-0.2, -0.15) is 13.5 Å². The molecule has 0 aliphatic rings. The number of nitrogens with zero attached hydrogens (tertiary/aromatic N) is 2. The van der Waals surface area contributed by atoms with E-state index in [0.717, 1.165) is 11.7 Å². The fraction of sp³-hybridized carbons (Fsp3) is 0.188. The summed E-state index contributed by atoms with van der Waals surface area (Å²) in [5.74, 6) is -0.743. The molecule has 0 radical (unpaired) electrons. The van der Waals surface area contributed by atoms with E-state index < -0.39 is 22.0 Å². The monoisotopic (exact) mass is 411 g/mol. The molecule has 0 aliphatic heterocycles. The molecule has 3 aromatic rings. The number of aromatic nitrogens is 2. The number of sulfonamides is 1. The molecule has 1 heterocycles. The number of hydrogen-bond acceptors (Lipinski definition) is 7. The molecule has 3 rings (SSSR count). The van der Waals surface area contributed by atoms with Gasteiger partial charge in [0.1, 0.15) is 22.0 Å². The minimum atomic E-state index is -4.09. The zero-order chi connectivity index (χ0) is 18.7. The SMILES string of the molecule is CCOC(=O)[C@@H](NS(=O)(=O)c1cccc2nsnc12)c1ccccc1Cl. The number of hydrogen-bond donors (Lipinski definition) is 1. The second kappa shape index (κ2) is 7.67. The maximum absolute atomic E-state index is 12.9. The molecule has 0 aliphatic carbocycles. The molecule has 7 nitrogen and oxygen atoms in total. The first kappa shape index (κ1) is 18.7. The average molecular weight is 412 g/mol. The van der Waals surface area contributed by atoms with Gasteiger partial charge in [0.2, 0.25) is 10.0 Å². The van der Waals surface area contributed by atoms with Crippen molar-refractivity contribution in [2.24, 2.45) is 0 Å². The van der Waals surface area contributed by atoms with E-state index in [4.69, 9.17) is 16.3 Å². The third kappa shape index (κ3) is 3.70. The fourth-order valence-corrected chi connectivity index (χ4v) is 4.57. The van der Waals surface area contributed by atoms with Crippen LogP contribution in [0, 0.1) is 0 Å². The molecule has 26 heavy (non-hydrogen) atoms. The summed E-state index contributed by atoms with van der Waals surface area (Å²) in [5.41, 5.74) is 1.01. The van der Waals surface area contributed by atoms with Crippen LogP contribution in [-0.2, 0) is 19.6 Å². The highest BCUT2D eigenvalue weighted by molar-refractivity contribution is 7.89. The molecule has 1 aromatic heterocycles. The molecule has 0 spiro atoms.